The highest BCUT2D eigenvalue weighted by molar-refractivity contribution is 5.94. The molecular weight excluding hydrogens is 274 g/mol. The number of nitrogens with zero attached hydrogens (tertiary/aromatic N) is 2. The molecule has 1 amide bonds. The average molecular weight is 297 g/mol. The van der Waals surface area contributed by atoms with E-state index in [9.17, 15) is 4.79 Å². The molecule has 0 saturated carbocycles. The predicted octanol–water partition coefficient (Wildman–Crippen LogP) is 3.18. The first-order chi connectivity index (χ1) is 10.8. The lowest BCUT2D eigenvalue weighted by Gasteiger charge is -2.23. The molecule has 0 fully saturated rings. The minimum Gasteiger partial charge on any atom is -0.312 e. The number of pyridine rings is 1. The van der Waals surface area contributed by atoms with Gasteiger partial charge in [0.15, 0.2) is 0 Å². The fourth-order valence-corrected chi connectivity index (χ4v) is 2.51. The van der Waals surface area contributed by atoms with Gasteiger partial charge in [0.1, 0.15) is 0 Å². The quantitative estimate of drug-likeness (QED) is 0.853. The minimum absolute atomic E-state index is 0.0845. The van der Waals surface area contributed by atoms with Gasteiger partial charge in [0.2, 0.25) is 5.91 Å². The topological polar surface area (TPSA) is 45.2 Å². The molecule has 0 saturated heterocycles. The lowest BCUT2D eigenvalue weighted by Crippen LogP contribution is -2.39. The smallest absolute Gasteiger partial charge is 0.240 e. The first-order valence-electron chi connectivity index (χ1n) is 7.75. The third-order valence-electron chi connectivity index (χ3n) is 3.70. The number of nitrogens with one attached hydrogen (secondary N) is 1. The Kier molecular flexibility index (Phi) is 6.10. The van der Waals surface area contributed by atoms with Crippen LogP contribution in [0.5, 0.6) is 0 Å². The molecule has 1 N–H and O–H groups in total. The summed E-state index contributed by atoms with van der Waals surface area (Å²) in [7, 11) is 0. The van der Waals surface area contributed by atoms with E-state index in [1.807, 2.05) is 49.4 Å². The Labute approximate surface area is 132 Å². The summed E-state index contributed by atoms with van der Waals surface area (Å²) in [5.74, 6) is 0.0845. The molecule has 0 aliphatic carbocycles. The number of carbonyl (C=O) groups is 1. The van der Waals surface area contributed by atoms with Crippen LogP contribution in [-0.4, -0.2) is 24.0 Å². The van der Waals surface area contributed by atoms with Crippen molar-refractivity contribution in [3.8, 4) is 0 Å². The third kappa shape index (κ3) is 4.15. The molecule has 4 heteroatoms. The number of hydrogen-bond acceptors (Lipinski definition) is 3. The van der Waals surface area contributed by atoms with Crippen molar-refractivity contribution in [3.05, 3.63) is 60.4 Å². The second-order valence-corrected chi connectivity index (χ2v) is 5.10. The van der Waals surface area contributed by atoms with Gasteiger partial charge < -0.3 is 10.2 Å². The summed E-state index contributed by atoms with van der Waals surface area (Å²) in [6.45, 7) is 5.09. The Morgan fingerprint density at radius 1 is 1.14 bits per heavy atom. The summed E-state index contributed by atoms with van der Waals surface area (Å²) in [5, 5.41) is 3.35. The lowest BCUT2D eigenvalue weighted by atomic mass is 10.1. The molecule has 2 rings (SSSR count). The van der Waals surface area contributed by atoms with Crippen LogP contribution in [0.15, 0.2) is 54.9 Å². The number of carbonyl (C=O) groups excluding carboxylic acids is 1. The Bertz CT molecular complexity index is 571. The van der Waals surface area contributed by atoms with E-state index in [2.05, 4.69) is 17.2 Å². The van der Waals surface area contributed by atoms with Gasteiger partial charge >= 0.3 is 0 Å². The number of para-hydroxylation sites is 1. The zero-order valence-corrected chi connectivity index (χ0v) is 13.2. The van der Waals surface area contributed by atoms with Gasteiger partial charge in [-0.1, -0.05) is 25.1 Å². The first-order valence-corrected chi connectivity index (χ1v) is 7.75. The van der Waals surface area contributed by atoms with E-state index >= 15 is 0 Å². The molecule has 0 unspecified atom stereocenters. The second kappa shape index (κ2) is 8.29. The van der Waals surface area contributed by atoms with Crippen LogP contribution in [0.3, 0.4) is 0 Å². The van der Waals surface area contributed by atoms with Crippen LogP contribution in [0.25, 0.3) is 0 Å². The lowest BCUT2D eigenvalue weighted by molar-refractivity contribution is -0.117. The fraction of sp³-hybridized carbons (Fsp3) is 0.333. The van der Waals surface area contributed by atoms with Crippen molar-refractivity contribution in [2.45, 2.75) is 26.3 Å². The Morgan fingerprint density at radius 3 is 2.41 bits per heavy atom. The van der Waals surface area contributed by atoms with Gasteiger partial charge in [0.25, 0.3) is 0 Å². The number of rotatable bonds is 7. The molecule has 116 valence electrons. The van der Waals surface area contributed by atoms with Crippen LogP contribution >= 0.6 is 0 Å². The Morgan fingerprint density at radius 2 is 1.82 bits per heavy atom. The highest BCUT2D eigenvalue weighted by atomic mass is 16.2. The molecule has 22 heavy (non-hydrogen) atoms. The number of benzene rings is 1. The van der Waals surface area contributed by atoms with Crippen molar-refractivity contribution in [2.75, 3.05) is 18.0 Å². The van der Waals surface area contributed by atoms with Gasteiger partial charge in [0, 0.05) is 30.7 Å². The summed E-state index contributed by atoms with van der Waals surface area (Å²) in [5.41, 5.74) is 2.10. The van der Waals surface area contributed by atoms with Crippen molar-refractivity contribution >= 4 is 11.6 Å². The monoisotopic (exact) mass is 297 g/mol. The molecule has 1 aromatic carbocycles. The first kappa shape index (κ1) is 16.2. The van der Waals surface area contributed by atoms with E-state index in [4.69, 9.17) is 0 Å². The van der Waals surface area contributed by atoms with Crippen molar-refractivity contribution in [1.82, 2.24) is 10.3 Å². The van der Waals surface area contributed by atoms with Crippen LogP contribution in [-0.2, 0) is 4.79 Å². The predicted molar refractivity (Wildman–Crippen MR) is 89.7 cm³/mol. The maximum Gasteiger partial charge on any atom is 0.240 e. The van der Waals surface area contributed by atoms with Crippen molar-refractivity contribution in [2.24, 2.45) is 0 Å². The molecule has 0 bridgehead atoms. The van der Waals surface area contributed by atoms with E-state index < -0.39 is 0 Å². The minimum atomic E-state index is 0.0845. The molecule has 2 aromatic rings. The number of amides is 1. The molecule has 0 spiro atoms. The molecule has 0 aliphatic rings. The number of anilines is 1. The third-order valence-corrected chi connectivity index (χ3v) is 3.70. The van der Waals surface area contributed by atoms with Crippen LogP contribution in [0.1, 0.15) is 31.9 Å². The molecule has 1 atom stereocenters. The zero-order valence-electron chi connectivity index (χ0n) is 13.2. The normalized spacial score (nSPS) is 11.9. The number of likely N-dealkylation sites (N-methyl/N-ethyl adjacent to an activating group) is 1. The van der Waals surface area contributed by atoms with Crippen molar-refractivity contribution < 1.29 is 4.79 Å². The van der Waals surface area contributed by atoms with Crippen molar-refractivity contribution in [3.63, 3.8) is 0 Å². The molecule has 0 aliphatic heterocycles. The van der Waals surface area contributed by atoms with Gasteiger partial charge in [-0.05, 0) is 43.2 Å². The van der Waals surface area contributed by atoms with Crippen LogP contribution in [0.4, 0.5) is 5.69 Å². The summed E-state index contributed by atoms with van der Waals surface area (Å²) >= 11 is 0. The van der Waals surface area contributed by atoms with Gasteiger partial charge in [0.05, 0.1) is 6.54 Å². The van der Waals surface area contributed by atoms with Gasteiger partial charge in [-0.15, -0.1) is 0 Å². The highest BCUT2D eigenvalue weighted by Crippen LogP contribution is 2.16. The van der Waals surface area contributed by atoms with E-state index in [1.54, 1.807) is 17.3 Å². The number of hydrogen-bond donors (Lipinski definition) is 1. The van der Waals surface area contributed by atoms with E-state index in [0.717, 1.165) is 17.7 Å². The second-order valence-electron chi connectivity index (χ2n) is 5.10. The SMILES string of the molecule is CC[C@@H](NCC(=O)N(CC)c1ccccc1)c1ccncc1. The summed E-state index contributed by atoms with van der Waals surface area (Å²) in [4.78, 5) is 18.3. The van der Waals surface area contributed by atoms with Crippen LogP contribution < -0.4 is 10.2 Å². The maximum absolute atomic E-state index is 12.5. The van der Waals surface area contributed by atoms with Gasteiger partial charge in [-0.2, -0.15) is 0 Å². The van der Waals surface area contributed by atoms with Gasteiger partial charge in [-0.25, -0.2) is 0 Å². The zero-order chi connectivity index (χ0) is 15.8. The number of aromatic nitrogens is 1. The standard InChI is InChI=1S/C18H23N3O/c1-3-17(15-10-12-19-13-11-15)20-14-18(22)21(4-2)16-8-6-5-7-9-16/h5-13,17,20H,3-4,14H2,1-2H3/t17-/m1/s1. The maximum atomic E-state index is 12.5. The molecule has 0 radical (unpaired) electrons. The van der Waals surface area contributed by atoms with Crippen LogP contribution in [0, 0.1) is 0 Å². The summed E-state index contributed by atoms with van der Waals surface area (Å²) in [6.07, 6.45) is 4.49. The van der Waals surface area contributed by atoms with Crippen LogP contribution in [0.2, 0.25) is 0 Å². The Balaban J connectivity index is 1.99. The van der Waals surface area contributed by atoms with Crippen molar-refractivity contribution in [1.29, 1.82) is 0 Å². The Hall–Kier alpha value is -2.20. The molecular formula is C18H23N3O. The molecule has 1 aromatic heterocycles. The average Bonchev–Trinajstić information content (AvgIpc) is 2.58. The van der Waals surface area contributed by atoms with E-state index in [0.29, 0.717) is 13.1 Å². The summed E-state index contributed by atoms with van der Waals surface area (Å²) < 4.78 is 0. The highest BCUT2D eigenvalue weighted by Gasteiger charge is 2.16. The largest absolute Gasteiger partial charge is 0.312 e. The van der Waals surface area contributed by atoms with E-state index in [-0.39, 0.29) is 11.9 Å². The summed E-state index contributed by atoms with van der Waals surface area (Å²) in [6, 6.07) is 13.9. The molecule has 4 nitrogen and oxygen atoms in total. The fourth-order valence-electron chi connectivity index (χ4n) is 2.51. The van der Waals surface area contributed by atoms with Gasteiger partial charge in [-0.3, -0.25) is 9.78 Å². The van der Waals surface area contributed by atoms with E-state index in [1.165, 1.54) is 0 Å². The molecule has 1 heterocycles.